The summed E-state index contributed by atoms with van der Waals surface area (Å²) >= 11 is 0. The van der Waals surface area contributed by atoms with E-state index in [2.05, 4.69) is 5.32 Å². The second-order valence-corrected chi connectivity index (χ2v) is 5.14. The van der Waals surface area contributed by atoms with Crippen LogP contribution in [0.3, 0.4) is 0 Å². The summed E-state index contributed by atoms with van der Waals surface area (Å²) in [6, 6.07) is 5.91. The zero-order chi connectivity index (χ0) is 12.3. The maximum Gasteiger partial charge on any atom is 0.0661 e. The molecule has 17 heavy (non-hydrogen) atoms. The number of hydrogen-bond donors (Lipinski definition) is 3. The van der Waals surface area contributed by atoms with Gasteiger partial charge in [-0.1, -0.05) is 25.3 Å². The predicted molar refractivity (Wildman–Crippen MR) is 72.1 cm³/mol. The highest BCUT2D eigenvalue weighted by molar-refractivity contribution is 5.63. The molecule has 1 aliphatic carbocycles. The Labute approximate surface area is 103 Å². The van der Waals surface area contributed by atoms with E-state index in [-0.39, 0.29) is 12.1 Å². The number of anilines is 2. The average Bonchev–Trinajstić information content (AvgIpc) is 2.36. The molecule has 1 fully saturated rings. The molecule has 1 aromatic carbocycles. The van der Waals surface area contributed by atoms with Crippen LogP contribution in [0.1, 0.15) is 37.7 Å². The molecule has 0 aromatic heterocycles. The molecule has 0 saturated heterocycles. The van der Waals surface area contributed by atoms with Gasteiger partial charge in [0.1, 0.15) is 0 Å². The van der Waals surface area contributed by atoms with E-state index in [9.17, 15) is 5.11 Å². The van der Waals surface area contributed by atoms with E-state index in [0.29, 0.717) is 0 Å². The second-order valence-electron chi connectivity index (χ2n) is 5.14. The largest absolute Gasteiger partial charge is 0.398 e. The highest BCUT2D eigenvalue weighted by Gasteiger charge is 2.31. The van der Waals surface area contributed by atoms with Gasteiger partial charge in [0.15, 0.2) is 0 Å². The summed E-state index contributed by atoms with van der Waals surface area (Å²) < 4.78 is 0. The molecule has 0 aliphatic heterocycles. The van der Waals surface area contributed by atoms with E-state index in [0.717, 1.165) is 29.8 Å². The number of hydrogen-bond acceptors (Lipinski definition) is 3. The Balaban J connectivity index is 2.20. The number of nitrogens with one attached hydrogen (secondary N) is 1. The van der Waals surface area contributed by atoms with E-state index in [1.165, 1.54) is 19.3 Å². The lowest BCUT2D eigenvalue weighted by atomic mass is 9.82. The van der Waals surface area contributed by atoms with Gasteiger partial charge in [0, 0.05) is 11.4 Å². The quantitative estimate of drug-likeness (QED) is 0.705. The summed E-state index contributed by atoms with van der Waals surface area (Å²) in [5.41, 5.74) is 8.70. The first-order chi connectivity index (χ1) is 8.17. The van der Waals surface area contributed by atoms with E-state index < -0.39 is 0 Å². The fourth-order valence-corrected chi connectivity index (χ4v) is 2.63. The molecule has 0 unspecified atom stereocenters. The molecule has 0 atom stereocenters. The number of nitrogens with two attached hydrogens (primary N) is 1. The Morgan fingerprint density at radius 3 is 2.65 bits per heavy atom. The van der Waals surface area contributed by atoms with Crippen LogP contribution in [-0.2, 0) is 0 Å². The minimum absolute atomic E-state index is 0.142. The van der Waals surface area contributed by atoms with Crippen LogP contribution in [0, 0.1) is 6.92 Å². The molecule has 0 spiro atoms. The van der Waals surface area contributed by atoms with E-state index in [1.54, 1.807) is 0 Å². The van der Waals surface area contributed by atoms with Crippen molar-refractivity contribution in [3.8, 4) is 0 Å². The van der Waals surface area contributed by atoms with Gasteiger partial charge in [-0.25, -0.2) is 0 Å². The smallest absolute Gasteiger partial charge is 0.0661 e. The molecule has 0 radical (unpaired) electrons. The van der Waals surface area contributed by atoms with Crippen LogP contribution in [0.15, 0.2) is 18.2 Å². The first-order valence-corrected chi connectivity index (χ1v) is 6.41. The zero-order valence-corrected chi connectivity index (χ0v) is 10.5. The van der Waals surface area contributed by atoms with Crippen LogP contribution in [0.5, 0.6) is 0 Å². The van der Waals surface area contributed by atoms with Crippen LogP contribution < -0.4 is 11.1 Å². The van der Waals surface area contributed by atoms with E-state index in [4.69, 9.17) is 5.73 Å². The van der Waals surface area contributed by atoms with Crippen LogP contribution in [0.25, 0.3) is 0 Å². The number of aliphatic hydroxyl groups is 1. The van der Waals surface area contributed by atoms with Gasteiger partial charge in [-0.05, 0) is 37.5 Å². The van der Waals surface area contributed by atoms with Crippen LogP contribution in [-0.4, -0.2) is 17.3 Å². The van der Waals surface area contributed by atoms with Gasteiger partial charge >= 0.3 is 0 Å². The van der Waals surface area contributed by atoms with E-state index >= 15 is 0 Å². The van der Waals surface area contributed by atoms with Crippen molar-refractivity contribution < 1.29 is 5.11 Å². The molecular formula is C14H22N2O. The molecule has 0 heterocycles. The second kappa shape index (κ2) is 4.96. The number of rotatable bonds is 3. The van der Waals surface area contributed by atoms with Crippen molar-refractivity contribution in [3.63, 3.8) is 0 Å². The lowest BCUT2D eigenvalue weighted by Gasteiger charge is -2.38. The SMILES string of the molecule is Cc1c(N)cccc1NC1(CO)CCCCC1. The summed E-state index contributed by atoms with van der Waals surface area (Å²) in [6.45, 7) is 2.22. The van der Waals surface area contributed by atoms with Crippen molar-refractivity contribution in [1.29, 1.82) is 0 Å². The molecule has 4 N–H and O–H groups in total. The summed E-state index contributed by atoms with van der Waals surface area (Å²) in [4.78, 5) is 0. The van der Waals surface area contributed by atoms with Crippen molar-refractivity contribution in [2.75, 3.05) is 17.7 Å². The number of benzene rings is 1. The van der Waals surface area contributed by atoms with Crippen LogP contribution in [0.2, 0.25) is 0 Å². The lowest BCUT2D eigenvalue weighted by molar-refractivity contribution is 0.173. The average molecular weight is 234 g/mol. The predicted octanol–water partition coefficient (Wildman–Crippen LogP) is 2.68. The van der Waals surface area contributed by atoms with Gasteiger partial charge in [0.05, 0.1) is 12.1 Å². The fourth-order valence-electron chi connectivity index (χ4n) is 2.63. The third-order valence-corrected chi connectivity index (χ3v) is 3.89. The Kier molecular flexibility index (Phi) is 3.57. The van der Waals surface area contributed by atoms with Gasteiger partial charge < -0.3 is 16.2 Å². The molecule has 0 bridgehead atoms. The molecule has 3 nitrogen and oxygen atoms in total. The van der Waals surface area contributed by atoms with Gasteiger partial charge in [-0.15, -0.1) is 0 Å². The number of nitrogen functional groups attached to an aromatic ring is 1. The lowest BCUT2D eigenvalue weighted by Crippen LogP contribution is -2.44. The standard InChI is InChI=1S/C14H22N2O/c1-11-12(15)6-5-7-13(11)16-14(10-17)8-3-2-4-9-14/h5-7,16-17H,2-4,8-10,15H2,1H3. The highest BCUT2D eigenvalue weighted by Crippen LogP contribution is 2.33. The van der Waals surface area contributed by atoms with Crippen molar-refractivity contribution in [3.05, 3.63) is 23.8 Å². The summed E-state index contributed by atoms with van der Waals surface area (Å²) in [7, 11) is 0. The minimum Gasteiger partial charge on any atom is -0.398 e. The van der Waals surface area contributed by atoms with Crippen LogP contribution in [0.4, 0.5) is 11.4 Å². The first kappa shape index (κ1) is 12.2. The Morgan fingerprint density at radius 2 is 2.00 bits per heavy atom. The van der Waals surface area contributed by atoms with Crippen molar-refractivity contribution in [2.24, 2.45) is 0 Å². The summed E-state index contributed by atoms with van der Waals surface area (Å²) in [5, 5.41) is 13.2. The maximum absolute atomic E-state index is 9.67. The van der Waals surface area contributed by atoms with Crippen LogP contribution >= 0.6 is 0 Å². The number of aliphatic hydroxyl groups excluding tert-OH is 1. The highest BCUT2D eigenvalue weighted by atomic mass is 16.3. The molecule has 1 aromatic rings. The Morgan fingerprint density at radius 1 is 1.29 bits per heavy atom. The van der Waals surface area contributed by atoms with Gasteiger partial charge in [0.25, 0.3) is 0 Å². The molecule has 2 rings (SSSR count). The van der Waals surface area contributed by atoms with Gasteiger partial charge in [-0.2, -0.15) is 0 Å². The zero-order valence-electron chi connectivity index (χ0n) is 10.5. The Hall–Kier alpha value is -1.22. The third-order valence-electron chi connectivity index (χ3n) is 3.89. The van der Waals surface area contributed by atoms with Crippen molar-refractivity contribution in [2.45, 2.75) is 44.6 Å². The molecule has 1 aliphatic rings. The van der Waals surface area contributed by atoms with Crippen molar-refractivity contribution in [1.82, 2.24) is 0 Å². The minimum atomic E-state index is -0.142. The molecular weight excluding hydrogens is 212 g/mol. The van der Waals surface area contributed by atoms with E-state index in [1.807, 2.05) is 25.1 Å². The van der Waals surface area contributed by atoms with Crippen molar-refractivity contribution >= 4 is 11.4 Å². The first-order valence-electron chi connectivity index (χ1n) is 6.41. The summed E-state index contributed by atoms with van der Waals surface area (Å²) in [6.07, 6.45) is 5.73. The van der Waals surface area contributed by atoms with Gasteiger partial charge in [0.2, 0.25) is 0 Å². The third kappa shape index (κ3) is 2.55. The molecule has 3 heteroatoms. The monoisotopic (exact) mass is 234 g/mol. The molecule has 0 amide bonds. The topological polar surface area (TPSA) is 58.3 Å². The maximum atomic E-state index is 9.67. The summed E-state index contributed by atoms with van der Waals surface area (Å²) in [5.74, 6) is 0. The normalized spacial score (nSPS) is 18.9. The molecule has 94 valence electrons. The Bertz CT molecular complexity index is 384. The van der Waals surface area contributed by atoms with Gasteiger partial charge in [-0.3, -0.25) is 0 Å². The fraction of sp³-hybridized carbons (Fsp3) is 0.571. The molecule has 1 saturated carbocycles.